The highest BCUT2D eigenvalue weighted by molar-refractivity contribution is 5.91. The van der Waals surface area contributed by atoms with Crippen molar-refractivity contribution in [2.24, 2.45) is 0 Å². The van der Waals surface area contributed by atoms with Gasteiger partial charge in [-0.25, -0.2) is 0 Å². The van der Waals surface area contributed by atoms with E-state index in [1.165, 1.54) is 6.26 Å². The van der Waals surface area contributed by atoms with Crippen LogP contribution in [0.3, 0.4) is 0 Å². The van der Waals surface area contributed by atoms with Gasteiger partial charge in [0.2, 0.25) is 0 Å². The zero-order valence-electron chi connectivity index (χ0n) is 10.7. The Kier molecular flexibility index (Phi) is 4.36. The number of carbonyl (C=O) groups is 1. The Morgan fingerprint density at radius 3 is 2.63 bits per heavy atom. The minimum Gasteiger partial charge on any atom is -0.459 e. The van der Waals surface area contributed by atoms with Gasteiger partial charge in [0.15, 0.2) is 5.76 Å². The molecular weight excluding hydrogens is 242 g/mol. The van der Waals surface area contributed by atoms with Gasteiger partial charge in [-0.15, -0.1) is 0 Å². The fourth-order valence-corrected chi connectivity index (χ4v) is 1.81. The number of aliphatic hydroxyl groups excluding tert-OH is 1. The van der Waals surface area contributed by atoms with Crippen LogP contribution in [-0.4, -0.2) is 23.2 Å². The van der Waals surface area contributed by atoms with E-state index in [-0.39, 0.29) is 17.7 Å². The summed E-state index contributed by atoms with van der Waals surface area (Å²) in [5.41, 5.74) is 1.04. The summed E-state index contributed by atoms with van der Waals surface area (Å²) in [6, 6.07) is 12.6. The SMILES string of the molecule is CC(NC(=O)c1ccco1)C(O)Cc1ccccc1. The van der Waals surface area contributed by atoms with Crippen LogP contribution in [0, 0.1) is 0 Å². The van der Waals surface area contributed by atoms with Crippen LogP contribution in [0.1, 0.15) is 23.0 Å². The highest BCUT2D eigenvalue weighted by atomic mass is 16.3. The third kappa shape index (κ3) is 3.69. The van der Waals surface area contributed by atoms with Crippen molar-refractivity contribution in [2.45, 2.75) is 25.5 Å². The zero-order valence-corrected chi connectivity index (χ0v) is 10.7. The molecule has 19 heavy (non-hydrogen) atoms. The van der Waals surface area contributed by atoms with Gasteiger partial charge in [0.05, 0.1) is 18.4 Å². The van der Waals surface area contributed by atoms with E-state index in [0.29, 0.717) is 6.42 Å². The minimum atomic E-state index is -0.638. The Morgan fingerprint density at radius 1 is 1.26 bits per heavy atom. The Morgan fingerprint density at radius 2 is 2.00 bits per heavy atom. The molecule has 0 saturated carbocycles. The van der Waals surface area contributed by atoms with Gasteiger partial charge in [0.25, 0.3) is 5.91 Å². The number of amides is 1. The average Bonchev–Trinajstić information content (AvgIpc) is 2.93. The summed E-state index contributed by atoms with van der Waals surface area (Å²) in [7, 11) is 0. The van der Waals surface area contributed by atoms with E-state index in [0.717, 1.165) is 5.56 Å². The van der Waals surface area contributed by atoms with Crippen molar-refractivity contribution in [1.29, 1.82) is 0 Å². The largest absolute Gasteiger partial charge is 0.459 e. The lowest BCUT2D eigenvalue weighted by molar-refractivity contribution is 0.0826. The standard InChI is InChI=1S/C15H17NO3/c1-11(16-15(18)14-8-5-9-19-14)13(17)10-12-6-3-2-4-7-12/h2-9,11,13,17H,10H2,1H3,(H,16,18). The molecule has 1 heterocycles. The van der Waals surface area contributed by atoms with Gasteiger partial charge in [-0.05, 0) is 24.6 Å². The Hall–Kier alpha value is -2.07. The average molecular weight is 259 g/mol. The van der Waals surface area contributed by atoms with Crippen molar-refractivity contribution in [3.05, 3.63) is 60.1 Å². The van der Waals surface area contributed by atoms with Crippen LogP contribution >= 0.6 is 0 Å². The molecule has 0 spiro atoms. The molecule has 1 amide bonds. The molecule has 4 nitrogen and oxygen atoms in total. The van der Waals surface area contributed by atoms with Crippen molar-refractivity contribution in [2.75, 3.05) is 0 Å². The predicted molar refractivity (Wildman–Crippen MR) is 71.8 cm³/mol. The molecule has 1 aromatic carbocycles. The third-order valence-corrected chi connectivity index (χ3v) is 2.97. The first-order valence-corrected chi connectivity index (χ1v) is 6.23. The second kappa shape index (κ2) is 6.20. The highest BCUT2D eigenvalue weighted by Gasteiger charge is 2.18. The molecule has 2 N–H and O–H groups in total. The number of carbonyl (C=O) groups excluding carboxylic acids is 1. The van der Waals surface area contributed by atoms with Gasteiger partial charge >= 0.3 is 0 Å². The summed E-state index contributed by atoms with van der Waals surface area (Å²) in [6.45, 7) is 1.77. The summed E-state index contributed by atoms with van der Waals surface area (Å²) >= 11 is 0. The van der Waals surface area contributed by atoms with Crippen LogP contribution in [0.4, 0.5) is 0 Å². The molecule has 4 heteroatoms. The molecule has 0 radical (unpaired) electrons. The molecule has 0 aliphatic carbocycles. The summed E-state index contributed by atoms with van der Waals surface area (Å²) in [5.74, 6) is -0.0663. The summed E-state index contributed by atoms with van der Waals surface area (Å²) in [5, 5.41) is 12.8. The maximum atomic E-state index is 11.8. The maximum Gasteiger partial charge on any atom is 0.287 e. The normalized spacial score (nSPS) is 13.8. The van der Waals surface area contributed by atoms with Gasteiger partial charge in [-0.3, -0.25) is 4.79 Å². The van der Waals surface area contributed by atoms with E-state index < -0.39 is 6.10 Å². The Bertz CT molecular complexity index is 507. The predicted octanol–water partition coefficient (Wildman–Crippen LogP) is 2.00. The minimum absolute atomic E-state index is 0.249. The lowest BCUT2D eigenvalue weighted by Gasteiger charge is -2.19. The number of hydrogen-bond donors (Lipinski definition) is 2. The molecule has 2 rings (SSSR count). The monoisotopic (exact) mass is 259 g/mol. The van der Waals surface area contributed by atoms with Gasteiger partial charge in [-0.2, -0.15) is 0 Å². The van der Waals surface area contributed by atoms with E-state index in [1.54, 1.807) is 19.1 Å². The van der Waals surface area contributed by atoms with Crippen molar-refractivity contribution in [1.82, 2.24) is 5.32 Å². The Labute approximate surface area is 112 Å². The zero-order chi connectivity index (χ0) is 13.7. The number of benzene rings is 1. The second-order valence-corrected chi connectivity index (χ2v) is 4.50. The number of rotatable bonds is 5. The van der Waals surface area contributed by atoms with E-state index in [9.17, 15) is 9.90 Å². The lowest BCUT2D eigenvalue weighted by Crippen LogP contribution is -2.42. The quantitative estimate of drug-likeness (QED) is 0.863. The first-order chi connectivity index (χ1) is 9.16. The Balaban J connectivity index is 1.89. The highest BCUT2D eigenvalue weighted by Crippen LogP contribution is 2.07. The molecule has 0 bridgehead atoms. The van der Waals surface area contributed by atoms with Crippen molar-refractivity contribution in [3.8, 4) is 0 Å². The summed E-state index contributed by atoms with van der Waals surface area (Å²) in [6.07, 6.45) is 1.31. The van der Waals surface area contributed by atoms with E-state index >= 15 is 0 Å². The van der Waals surface area contributed by atoms with Crippen molar-refractivity contribution < 1.29 is 14.3 Å². The first kappa shape index (κ1) is 13.4. The van der Waals surface area contributed by atoms with Gasteiger partial charge in [0.1, 0.15) is 0 Å². The van der Waals surface area contributed by atoms with Crippen LogP contribution in [0.5, 0.6) is 0 Å². The van der Waals surface area contributed by atoms with Crippen LogP contribution in [0.2, 0.25) is 0 Å². The van der Waals surface area contributed by atoms with Crippen LogP contribution in [0.25, 0.3) is 0 Å². The summed E-state index contributed by atoms with van der Waals surface area (Å²) < 4.78 is 5.00. The van der Waals surface area contributed by atoms with Gasteiger partial charge in [-0.1, -0.05) is 30.3 Å². The van der Waals surface area contributed by atoms with Gasteiger partial charge < -0.3 is 14.8 Å². The van der Waals surface area contributed by atoms with Crippen molar-refractivity contribution >= 4 is 5.91 Å². The third-order valence-electron chi connectivity index (χ3n) is 2.97. The number of hydrogen-bond acceptors (Lipinski definition) is 3. The second-order valence-electron chi connectivity index (χ2n) is 4.50. The topological polar surface area (TPSA) is 62.5 Å². The van der Waals surface area contributed by atoms with Crippen LogP contribution < -0.4 is 5.32 Å². The molecule has 0 saturated heterocycles. The molecule has 2 atom stereocenters. The van der Waals surface area contributed by atoms with Gasteiger partial charge in [0, 0.05) is 6.42 Å². The summed E-state index contributed by atoms with van der Waals surface area (Å²) in [4.78, 5) is 11.8. The maximum absolute atomic E-state index is 11.8. The number of furan rings is 1. The molecule has 0 fully saturated rings. The number of aliphatic hydroxyl groups is 1. The van der Waals surface area contributed by atoms with Crippen LogP contribution in [0.15, 0.2) is 53.1 Å². The molecule has 0 aliphatic rings. The van der Waals surface area contributed by atoms with E-state index in [1.807, 2.05) is 30.3 Å². The van der Waals surface area contributed by atoms with E-state index in [4.69, 9.17) is 4.42 Å². The first-order valence-electron chi connectivity index (χ1n) is 6.23. The molecule has 100 valence electrons. The van der Waals surface area contributed by atoms with Crippen LogP contribution in [-0.2, 0) is 6.42 Å². The van der Waals surface area contributed by atoms with Crippen molar-refractivity contribution in [3.63, 3.8) is 0 Å². The molecule has 2 aromatic rings. The smallest absolute Gasteiger partial charge is 0.287 e. The fraction of sp³-hybridized carbons (Fsp3) is 0.267. The number of nitrogens with one attached hydrogen (secondary N) is 1. The molecular formula is C15H17NO3. The molecule has 2 unspecified atom stereocenters. The van der Waals surface area contributed by atoms with E-state index in [2.05, 4.69) is 5.32 Å². The molecule has 1 aromatic heterocycles. The lowest BCUT2D eigenvalue weighted by atomic mass is 10.0. The molecule has 0 aliphatic heterocycles. The fourth-order valence-electron chi connectivity index (χ4n) is 1.81.